The summed E-state index contributed by atoms with van der Waals surface area (Å²) < 4.78 is 6.07. The number of hydrogen-bond donors (Lipinski definition) is 10. The largest absolute Gasteiger partial charge is 0.396 e. The third kappa shape index (κ3) is 6.09. The molecule has 4 fully saturated rings. The molecule has 54 heavy (non-hydrogen) atoms. The van der Waals surface area contributed by atoms with Gasteiger partial charge >= 0.3 is 0 Å². The Kier molecular flexibility index (Phi) is 10.7. The summed E-state index contributed by atoms with van der Waals surface area (Å²) in [4.78, 5) is 15.2. The summed E-state index contributed by atoms with van der Waals surface area (Å²) in [5, 5.41) is 87.5. The number of ether oxygens (including phenoxy) is 1. The molecule has 0 bridgehead atoms. The number of nitrogens with one attached hydrogen (secondary N) is 2. The van der Waals surface area contributed by atoms with Crippen molar-refractivity contribution in [2.24, 2.45) is 58.0 Å². The van der Waals surface area contributed by atoms with Crippen LogP contribution in [0.25, 0.3) is 0 Å². The summed E-state index contributed by atoms with van der Waals surface area (Å²) in [5.41, 5.74) is 3.97. The first-order chi connectivity index (χ1) is 25.4. The van der Waals surface area contributed by atoms with Gasteiger partial charge in [-0.05, 0) is 117 Å². The number of ketones is 1. The number of carbonyl (C=O) groups is 1. The number of hydrogen-bond acceptors (Lipinski definition) is 12. The summed E-state index contributed by atoms with van der Waals surface area (Å²) in [5.74, 6) is -2.10. The molecule has 0 aromatic carbocycles. The Morgan fingerprint density at radius 2 is 1.87 bits per heavy atom. The molecule has 7 rings (SSSR count). The van der Waals surface area contributed by atoms with Crippen molar-refractivity contribution in [2.45, 2.75) is 134 Å². The zero-order chi connectivity index (χ0) is 39.1. The summed E-state index contributed by atoms with van der Waals surface area (Å²) in [6, 6.07) is 0. The summed E-state index contributed by atoms with van der Waals surface area (Å²) in [6.07, 6.45) is 6.09. The molecule has 0 aromatic heterocycles. The van der Waals surface area contributed by atoms with Gasteiger partial charge in [-0.25, -0.2) is 0 Å². The third-order valence-corrected chi connectivity index (χ3v) is 15.5. The smallest absolute Gasteiger partial charge is 0.182 e. The minimum Gasteiger partial charge on any atom is -0.396 e. The maximum atomic E-state index is 15.2. The maximum absolute atomic E-state index is 15.2. The molecular weight excluding hydrogens is 690 g/mol. The zero-order valence-corrected chi connectivity index (χ0v) is 32.6. The second kappa shape index (κ2) is 14.4. The van der Waals surface area contributed by atoms with Crippen molar-refractivity contribution < 1.29 is 45.3 Å². The average molecular weight is 756 g/mol. The predicted molar refractivity (Wildman–Crippen MR) is 202 cm³/mol. The Labute approximate surface area is 319 Å². The SMILES string of the molecule is C[C@@H]1[C@H]([C@@H](O)[C@](C)(O)[C@H]2CC[C@@]3(O)C4=C(NC[C@H](C)O)C(=O)[C@@H]5C[C@@H](O)[C@@H](O)C[C@@]56C[C@@H](C5=C(CCCO)NC(N)C=C5)C=C[C@H](C[C@]23C)[C@@H]46)OC[C@H]1C. The van der Waals surface area contributed by atoms with Gasteiger partial charge in [-0.3, -0.25) is 4.79 Å². The van der Waals surface area contributed by atoms with Crippen molar-refractivity contribution in [3.63, 3.8) is 0 Å². The molecule has 11 N–H and O–H groups in total. The molecule has 0 aromatic rings. The summed E-state index contributed by atoms with van der Waals surface area (Å²) in [7, 11) is 0. The lowest BCUT2D eigenvalue weighted by atomic mass is 9.41. The highest BCUT2D eigenvalue weighted by Crippen LogP contribution is 2.72. The van der Waals surface area contributed by atoms with Gasteiger partial charge in [-0.2, -0.15) is 0 Å². The molecule has 12 nitrogen and oxygen atoms in total. The van der Waals surface area contributed by atoms with Crippen LogP contribution in [0.1, 0.15) is 86.0 Å². The van der Waals surface area contributed by atoms with Gasteiger partial charge in [0.15, 0.2) is 5.78 Å². The van der Waals surface area contributed by atoms with Crippen molar-refractivity contribution in [2.75, 3.05) is 19.8 Å². The van der Waals surface area contributed by atoms with E-state index in [4.69, 9.17) is 10.5 Å². The van der Waals surface area contributed by atoms with Crippen molar-refractivity contribution in [3.05, 3.63) is 46.8 Å². The second-order valence-corrected chi connectivity index (χ2v) is 18.7. The Balaban J connectivity index is 1.41. The van der Waals surface area contributed by atoms with E-state index in [-0.39, 0.29) is 73.7 Å². The lowest BCUT2D eigenvalue weighted by molar-refractivity contribution is -0.201. The van der Waals surface area contributed by atoms with Crippen molar-refractivity contribution in [1.82, 2.24) is 10.6 Å². The lowest BCUT2D eigenvalue weighted by Gasteiger charge is -2.64. The van der Waals surface area contributed by atoms with Crippen molar-refractivity contribution >= 4 is 5.78 Å². The standard InChI is InChI=1S/C42H65N3O9/c1-21-20-54-37(23(21)3)38(51)40(5,52)31-12-13-42(53)34-33-25(16-39(31,42)4)9-8-24(26-10-11-32(43)45-28(26)7-6-14-46)17-41(33)18-30(49)29(48)15-27(41)36(50)35(34)44-19-22(2)47/h8-11,21-25,27,29-33,37-38,44-49,51-53H,6-7,12-20,43H2,1-5H3/t21-,22+,23+,24+,25-,27+,29-,30+,31+,32?,33+,37-,38-,39-,40-,41+,42-/m1/s1. The van der Waals surface area contributed by atoms with Gasteiger partial charge in [-0.1, -0.05) is 39.0 Å². The van der Waals surface area contributed by atoms with Crippen LogP contribution in [0.5, 0.6) is 0 Å². The number of aliphatic hydroxyl groups is 7. The minimum atomic E-state index is -1.65. The van der Waals surface area contributed by atoms with Gasteiger partial charge in [0.05, 0.1) is 47.5 Å². The van der Waals surface area contributed by atoms with Crippen molar-refractivity contribution in [3.8, 4) is 0 Å². The van der Waals surface area contributed by atoms with E-state index in [1.807, 2.05) is 26.0 Å². The molecule has 2 heterocycles. The first-order valence-electron chi connectivity index (χ1n) is 20.4. The predicted octanol–water partition coefficient (Wildman–Crippen LogP) is 1.53. The van der Waals surface area contributed by atoms with Crippen LogP contribution < -0.4 is 16.4 Å². The number of dihydropyridines is 1. The van der Waals surface area contributed by atoms with Crippen molar-refractivity contribution in [1.29, 1.82) is 0 Å². The topological polar surface area (TPSA) is 218 Å². The number of carbonyl (C=O) groups excluding carboxylic acids is 1. The maximum Gasteiger partial charge on any atom is 0.182 e. The monoisotopic (exact) mass is 755 g/mol. The van der Waals surface area contributed by atoms with E-state index < -0.39 is 70.3 Å². The first kappa shape index (κ1) is 40.1. The molecule has 0 radical (unpaired) electrons. The fourth-order valence-electron chi connectivity index (χ4n) is 12.6. The van der Waals surface area contributed by atoms with Gasteiger partial charge in [-0.15, -0.1) is 0 Å². The molecule has 12 heteroatoms. The van der Waals surface area contributed by atoms with E-state index in [1.54, 1.807) is 13.8 Å². The second-order valence-electron chi connectivity index (χ2n) is 18.7. The Morgan fingerprint density at radius 3 is 2.54 bits per heavy atom. The summed E-state index contributed by atoms with van der Waals surface area (Å²) in [6.45, 7) is 9.99. The van der Waals surface area contributed by atoms with E-state index in [0.717, 1.165) is 11.3 Å². The molecule has 5 aliphatic carbocycles. The molecule has 1 spiro atoms. The van der Waals surface area contributed by atoms with Gasteiger partial charge < -0.3 is 56.8 Å². The van der Waals surface area contributed by atoms with E-state index in [1.165, 1.54) is 0 Å². The average Bonchev–Trinajstić information content (AvgIpc) is 3.54. The van der Waals surface area contributed by atoms with E-state index in [0.29, 0.717) is 44.3 Å². The Morgan fingerprint density at radius 1 is 1.13 bits per heavy atom. The van der Waals surface area contributed by atoms with E-state index in [2.05, 4.69) is 29.7 Å². The summed E-state index contributed by atoms with van der Waals surface area (Å²) >= 11 is 0. The van der Waals surface area contributed by atoms with Crippen LogP contribution >= 0.6 is 0 Å². The van der Waals surface area contributed by atoms with Gasteiger partial charge in [0.2, 0.25) is 0 Å². The van der Waals surface area contributed by atoms with Crippen LogP contribution in [0.2, 0.25) is 0 Å². The fraction of sp³-hybridized carbons (Fsp3) is 0.786. The number of rotatable bonds is 10. The minimum absolute atomic E-state index is 0.0185. The lowest BCUT2D eigenvalue weighted by Crippen LogP contribution is -2.67. The quantitative estimate of drug-likeness (QED) is 0.144. The number of Topliss-reactive ketones (excluding diaryl/α,β-unsaturated/α-hetero) is 1. The van der Waals surface area contributed by atoms with Crippen LogP contribution in [-0.2, 0) is 9.53 Å². The van der Waals surface area contributed by atoms with E-state index in [9.17, 15) is 35.7 Å². The van der Waals surface area contributed by atoms with Crippen LogP contribution in [0.15, 0.2) is 46.8 Å². The number of allylic oxidation sites excluding steroid dienone is 6. The Bertz CT molecular complexity index is 1590. The number of fused-ring (bicyclic) bond motifs is 2. The molecular formula is C42H65N3O9. The highest BCUT2D eigenvalue weighted by atomic mass is 16.5. The highest BCUT2D eigenvalue weighted by molar-refractivity contribution is 6.00. The third-order valence-electron chi connectivity index (χ3n) is 15.5. The molecule has 7 aliphatic rings. The molecule has 302 valence electrons. The van der Waals surface area contributed by atoms with Crippen LogP contribution in [-0.4, -0.2) is 109 Å². The molecule has 1 unspecified atom stereocenters. The normalized spacial score (nSPS) is 46.6. The molecule has 0 amide bonds. The Hall–Kier alpha value is -2.13. The van der Waals surface area contributed by atoms with Crippen LogP contribution in [0.3, 0.4) is 0 Å². The zero-order valence-electron chi connectivity index (χ0n) is 32.6. The molecule has 1 saturated heterocycles. The number of nitrogens with two attached hydrogens (primary N) is 1. The van der Waals surface area contributed by atoms with Gasteiger partial charge in [0, 0.05) is 42.7 Å². The van der Waals surface area contributed by atoms with Crippen LogP contribution in [0.4, 0.5) is 0 Å². The highest BCUT2D eigenvalue weighted by Gasteiger charge is 2.73. The van der Waals surface area contributed by atoms with E-state index >= 15 is 4.79 Å². The molecule has 2 aliphatic heterocycles. The number of aliphatic hydroxyl groups excluding tert-OH is 5. The molecule has 17 atom stereocenters. The first-order valence-corrected chi connectivity index (χ1v) is 20.4. The van der Waals surface area contributed by atoms with Gasteiger partial charge in [0.1, 0.15) is 6.10 Å². The van der Waals surface area contributed by atoms with Crippen LogP contribution in [0, 0.1) is 52.3 Å². The fourth-order valence-corrected chi connectivity index (χ4v) is 12.6. The molecule has 3 saturated carbocycles. The van der Waals surface area contributed by atoms with Gasteiger partial charge in [0.25, 0.3) is 0 Å².